The minimum Gasteiger partial charge on any atom is -0.346 e. The largest absolute Gasteiger partial charge is 0.346 e. The maximum Gasteiger partial charge on any atom is 0.243 e. The van der Waals surface area contributed by atoms with E-state index in [4.69, 9.17) is 5.73 Å². The van der Waals surface area contributed by atoms with Crippen molar-refractivity contribution in [2.45, 2.75) is 50.2 Å². The van der Waals surface area contributed by atoms with E-state index in [1.54, 1.807) is 0 Å². The highest BCUT2D eigenvalue weighted by molar-refractivity contribution is 5.96. The molecule has 0 spiro atoms. The van der Waals surface area contributed by atoms with Crippen LogP contribution in [0.3, 0.4) is 0 Å². The van der Waals surface area contributed by atoms with E-state index in [-0.39, 0.29) is 25.9 Å². The number of rotatable bonds is 8. The second-order valence-corrected chi connectivity index (χ2v) is 9.40. The van der Waals surface area contributed by atoms with Gasteiger partial charge in [0.25, 0.3) is 0 Å². The Kier molecular flexibility index (Phi) is 11.4. The highest BCUT2D eigenvalue weighted by Crippen LogP contribution is 2.09. The lowest BCUT2D eigenvalue weighted by Gasteiger charge is -2.25. The van der Waals surface area contributed by atoms with Crippen LogP contribution >= 0.6 is 0 Å². The van der Waals surface area contributed by atoms with Gasteiger partial charge in [-0.1, -0.05) is 60.7 Å². The minimum absolute atomic E-state index is 0.168. The minimum atomic E-state index is -1.02. The highest BCUT2D eigenvalue weighted by Gasteiger charge is 2.30. The van der Waals surface area contributed by atoms with E-state index >= 15 is 0 Å². The van der Waals surface area contributed by atoms with E-state index in [1.165, 1.54) is 0 Å². The summed E-state index contributed by atoms with van der Waals surface area (Å²) in [7, 11) is 0. The summed E-state index contributed by atoms with van der Waals surface area (Å²) in [6.07, 6.45) is 1.88. The standard InChI is InChI=1S/C28H36N6O5/c29-14-8-7-13-21-27(38)34-23(16-20-11-5-2-6-12-20)28(39)33-22(15-19-9-3-1-4-10-19)26(37)31-17-24(35)30-18-25(36)32-21/h1-6,9-12,21-23H,7-8,13-18,29H2,(H,30,35)(H,31,37)(H,32,36)(H,33,39)(H,34,38)/t21-,22-,23-/m0/s1. The number of amides is 5. The van der Waals surface area contributed by atoms with Crippen molar-refractivity contribution in [2.75, 3.05) is 19.6 Å². The second-order valence-electron chi connectivity index (χ2n) is 9.40. The Bertz CT molecular complexity index is 1130. The predicted molar refractivity (Wildman–Crippen MR) is 145 cm³/mol. The van der Waals surface area contributed by atoms with Crippen LogP contribution in [0.5, 0.6) is 0 Å². The van der Waals surface area contributed by atoms with Gasteiger partial charge in [0, 0.05) is 12.8 Å². The summed E-state index contributed by atoms with van der Waals surface area (Å²) in [5.74, 6) is -2.81. The molecule has 208 valence electrons. The summed E-state index contributed by atoms with van der Waals surface area (Å²) in [6, 6.07) is 15.3. The topological polar surface area (TPSA) is 172 Å². The molecule has 0 saturated carbocycles. The molecule has 0 aromatic heterocycles. The Morgan fingerprint density at radius 1 is 0.590 bits per heavy atom. The third-order valence-electron chi connectivity index (χ3n) is 6.30. The first-order chi connectivity index (χ1) is 18.9. The molecule has 11 nitrogen and oxygen atoms in total. The molecule has 0 aliphatic carbocycles. The van der Waals surface area contributed by atoms with Crippen molar-refractivity contribution in [3.63, 3.8) is 0 Å². The average Bonchev–Trinajstić information content (AvgIpc) is 2.94. The molecule has 0 unspecified atom stereocenters. The SMILES string of the molecule is NCCCC[C@@H]1NC(=O)CNC(=O)CNC(=O)[C@H](Cc2ccccc2)NC(=O)[C@H](Cc2ccccc2)NC1=O. The Labute approximate surface area is 227 Å². The first-order valence-corrected chi connectivity index (χ1v) is 13.1. The van der Waals surface area contributed by atoms with E-state index in [0.717, 1.165) is 11.1 Å². The van der Waals surface area contributed by atoms with E-state index in [2.05, 4.69) is 26.6 Å². The molecule has 2 aromatic carbocycles. The predicted octanol–water partition coefficient (Wildman–Crippen LogP) is -0.699. The van der Waals surface area contributed by atoms with Crippen molar-refractivity contribution < 1.29 is 24.0 Å². The van der Waals surface area contributed by atoms with Gasteiger partial charge in [-0.2, -0.15) is 0 Å². The smallest absolute Gasteiger partial charge is 0.243 e. The highest BCUT2D eigenvalue weighted by atomic mass is 16.2. The number of nitrogens with one attached hydrogen (secondary N) is 5. The number of hydrogen-bond acceptors (Lipinski definition) is 6. The van der Waals surface area contributed by atoms with E-state index in [1.807, 2.05) is 60.7 Å². The quantitative estimate of drug-likeness (QED) is 0.244. The van der Waals surface area contributed by atoms with Crippen LogP contribution in [-0.4, -0.2) is 67.3 Å². The van der Waals surface area contributed by atoms with Crippen LogP contribution in [-0.2, 0) is 36.8 Å². The molecule has 3 atom stereocenters. The molecule has 5 amide bonds. The van der Waals surface area contributed by atoms with Gasteiger partial charge in [0.2, 0.25) is 29.5 Å². The Morgan fingerprint density at radius 3 is 1.67 bits per heavy atom. The lowest BCUT2D eigenvalue weighted by atomic mass is 10.0. The molecule has 3 rings (SSSR count). The van der Waals surface area contributed by atoms with Gasteiger partial charge in [0.1, 0.15) is 18.1 Å². The van der Waals surface area contributed by atoms with Crippen molar-refractivity contribution in [1.29, 1.82) is 0 Å². The number of carbonyl (C=O) groups excluding carboxylic acids is 5. The van der Waals surface area contributed by atoms with Gasteiger partial charge in [-0.15, -0.1) is 0 Å². The number of unbranched alkanes of at least 4 members (excludes halogenated alkanes) is 1. The van der Waals surface area contributed by atoms with Gasteiger partial charge < -0.3 is 32.3 Å². The number of hydrogen-bond donors (Lipinski definition) is 6. The Hall–Kier alpha value is -4.25. The lowest BCUT2D eigenvalue weighted by Crippen LogP contribution is -2.57. The number of nitrogens with two attached hydrogens (primary N) is 1. The van der Waals surface area contributed by atoms with Crippen LogP contribution in [0.25, 0.3) is 0 Å². The molecule has 1 aliphatic heterocycles. The summed E-state index contributed by atoms with van der Waals surface area (Å²) >= 11 is 0. The zero-order chi connectivity index (χ0) is 28.0. The van der Waals surface area contributed by atoms with Crippen molar-refractivity contribution in [1.82, 2.24) is 26.6 Å². The first-order valence-electron chi connectivity index (χ1n) is 13.1. The average molecular weight is 537 g/mol. The summed E-state index contributed by atoms with van der Waals surface area (Å²) in [6.45, 7) is -0.313. The molecule has 1 heterocycles. The molecular weight excluding hydrogens is 500 g/mol. The molecule has 2 aromatic rings. The molecule has 1 saturated heterocycles. The summed E-state index contributed by atoms with van der Waals surface area (Å²) < 4.78 is 0. The van der Waals surface area contributed by atoms with Crippen molar-refractivity contribution in [2.24, 2.45) is 5.73 Å². The van der Waals surface area contributed by atoms with Gasteiger partial charge >= 0.3 is 0 Å². The van der Waals surface area contributed by atoms with Crippen molar-refractivity contribution in [3.8, 4) is 0 Å². The van der Waals surface area contributed by atoms with E-state index in [0.29, 0.717) is 25.8 Å². The Morgan fingerprint density at radius 2 is 1.10 bits per heavy atom. The van der Waals surface area contributed by atoms with Gasteiger partial charge in [-0.3, -0.25) is 24.0 Å². The summed E-state index contributed by atoms with van der Waals surface area (Å²) in [4.78, 5) is 64.7. The zero-order valence-corrected chi connectivity index (χ0v) is 21.8. The molecule has 1 fully saturated rings. The Balaban J connectivity index is 1.90. The fourth-order valence-electron chi connectivity index (χ4n) is 4.20. The molecule has 0 bridgehead atoms. The van der Waals surface area contributed by atoms with Crippen LogP contribution in [0.1, 0.15) is 30.4 Å². The molecular formula is C28H36N6O5. The molecule has 11 heteroatoms. The van der Waals surface area contributed by atoms with Crippen LogP contribution in [0.4, 0.5) is 0 Å². The van der Waals surface area contributed by atoms with Gasteiger partial charge in [-0.25, -0.2) is 0 Å². The van der Waals surface area contributed by atoms with E-state index < -0.39 is 47.7 Å². The third-order valence-corrected chi connectivity index (χ3v) is 6.30. The summed E-state index contributed by atoms with van der Waals surface area (Å²) in [5.41, 5.74) is 7.20. The van der Waals surface area contributed by atoms with Crippen molar-refractivity contribution >= 4 is 29.5 Å². The maximum absolute atomic E-state index is 13.6. The molecule has 7 N–H and O–H groups in total. The number of benzene rings is 2. The fraction of sp³-hybridized carbons (Fsp3) is 0.393. The maximum atomic E-state index is 13.6. The van der Waals surface area contributed by atoms with E-state index in [9.17, 15) is 24.0 Å². The fourth-order valence-corrected chi connectivity index (χ4v) is 4.20. The van der Waals surface area contributed by atoms with Crippen LogP contribution < -0.4 is 32.3 Å². The molecule has 1 aliphatic rings. The first kappa shape index (κ1) is 29.3. The van der Waals surface area contributed by atoms with Crippen LogP contribution in [0.2, 0.25) is 0 Å². The van der Waals surface area contributed by atoms with Crippen molar-refractivity contribution in [3.05, 3.63) is 71.8 Å². The van der Waals surface area contributed by atoms with Gasteiger partial charge in [0.15, 0.2) is 0 Å². The van der Waals surface area contributed by atoms with Gasteiger partial charge in [-0.05, 0) is 36.9 Å². The monoisotopic (exact) mass is 536 g/mol. The number of carbonyl (C=O) groups is 5. The molecule has 0 radical (unpaired) electrons. The van der Waals surface area contributed by atoms with Crippen LogP contribution in [0, 0.1) is 0 Å². The zero-order valence-electron chi connectivity index (χ0n) is 21.8. The molecule has 39 heavy (non-hydrogen) atoms. The van der Waals surface area contributed by atoms with Gasteiger partial charge in [0.05, 0.1) is 13.1 Å². The second kappa shape index (κ2) is 15.2. The third kappa shape index (κ3) is 9.86. The van der Waals surface area contributed by atoms with Crippen LogP contribution in [0.15, 0.2) is 60.7 Å². The lowest BCUT2D eigenvalue weighted by molar-refractivity contribution is -0.133. The summed E-state index contributed by atoms with van der Waals surface area (Å²) in [5, 5.41) is 13.1. The normalized spacial score (nSPS) is 21.4.